The number of rotatable bonds is 5. The van der Waals surface area contributed by atoms with Crippen molar-refractivity contribution >= 4 is 22.4 Å². The van der Waals surface area contributed by atoms with Crippen LogP contribution in [0.4, 0.5) is 11.5 Å². The number of pyridine rings is 1. The normalized spacial score (nSPS) is 23.8. The third-order valence-corrected chi connectivity index (χ3v) is 5.70. The predicted octanol–water partition coefficient (Wildman–Crippen LogP) is 2.57. The minimum atomic E-state index is -0.378. The highest BCUT2D eigenvalue weighted by molar-refractivity contribution is 5.82. The van der Waals surface area contributed by atoms with Gasteiger partial charge >= 0.3 is 0 Å². The summed E-state index contributed by atoms with van der Waals surface area (Å²) in [4.78, 5) is 20.1. The first kappa shape index (κ1) is 17.2. The van der Waals surface area contributed by atoms with Crippen molar-refractivity contribution in [3.05, 3.63) is 40.4 Å². The molecule has 0 aliphatic carbocycles. The fraction of sp³-hybridized carbons (Fsp3) is 0.526. The molecule has 2 fully saturated rings. The van der Waals surface area contributed by atoms with Crippen molar-refractivity contribution in [3.63, 3.8) is 0 Å². The molecule has 2 aromatic rings. The quantitative estimate of drug-likeness (QED) is 0.655. The van der Waals surface area contributed by atoms with Gasteiger partial charge in [-0.1, -0.05) is 0 Å². The second-order valence-corrected chi connectivity index (χ2v) is 7.27. The molecule has 0 spiro atoms. The van der Waals surface area contributed by atoms with E-state index in [4.69, 9.17) is 4.98 Å². The van der Waals surface area contributed by atoms with Gasteiger partial charge < -0.3 is 10.0 Å². The van der Waals surface area contributed by atoms with Crippen molar-refractivity contribution in [2.45, 2.75) is 37.8 Å². The van der Waals surface area contributed by atoms with E-state index in [0.29, 0.717) is 12.1 Å². The van der Waals surface area contributed by atoms with Gasteiger partial charge in [0.1, 0.15) is 5.82 Å². The Morgan fingerprint density at radius 1 is 1.15 bits per heavy atom. The summed E-state index contributed by atoms with van der Waals surface area (Å²) in [5.74, 6) is 0.939. The Kier molecular flexibility index (Phi) is 4.74. The molecule has 4 rings (SSSR count). The van der Waals surface area contributed by atoms with Gasteiger partial charge in [0.15, 0.2) is 0 Å². The number of anilines is 1. The molecular formula is C19H24N4O3. The summed E-state index contributed by atoms with van der Waals surface area (Å²) in [6.45, 7) is 3.24. The molecule has 2 aliphatic rings. The highest BCUT2D eigenvalue weighted by atomic mass is 16.6. The van der Waals surface area contributed by atoms with Crippen LogP contribution in [0, 0.1) is 10.1 Å². The first-order valence-electron chi connectivity index (χ1n) is 9.32. The van der Waals surface area contributed by atoms with Crippen molar-refractivity contribution in [1.82, 2.24) is 9.88 Å². The van der Waals surface area contributed by atoms with Crippen LogP contribution in [0.2, 0.25) is 0 Å². The minimum Gasteiger partial charge on any atom is -0.395 e. The van der Waals surface area contributed by atoms with Gasteiger partial charge in [-0.3, -0.25) is 15.0 Å². The molecule has 0 bridgehead atoms. The van der Waals surface area contributed by atoms with Crippen LogP contribution in [-0.2, 0) is 0 Å². The molecule has 0 saturated carbocycles. The zero-order valence-electron chi connectivity index (χ0n) is 14.8. The Morgan fingerprint density at radius 3 is 2.77 bits per heavy atom. The number of benzene rings is 1. The predicted molar refractivity (Wildman–Crippen MR) is 100 cm³/mol. The molecule has 1 aromatic carbocycles. The summed E-state index contributed by atoms with van der Waals surface area (Å²) < 4.78 is 0. The molecule has 2 saturated heterocycles. The lowest BCUT2D eigenvalue weighted by Gasteiger charge is -2.32. The first-order valence-corrected chi connectivity index (χ1v) is 9.32. The number of aromatic nitrogens is 1. The van der Waals surface area contributed by atoms with E-state index < -0.39 is 0 Å². The summed E-state index contributed by atoms with van der Waals surface area (Å²) in [6, 6.07) is 9.40. The molecule has 3 heterocycles. The Morgan fingerprint density at radius 2 is 1.96 bits per heavy atom. The molecule has 2 atom stereocenters. The lowest BCUT2D eigenvalue weighted by molar-refractivity contribution is -0.384. The Bertz CT molecular complexity index is 812. The second kappa shape index (κ2) is 7.17. The van der Waals surface area contributed by atoms with Gasteiger partial charge in [0.2, 0.25) is 0 Å². The molecule has 0 radical (unpaired) electrons. The summed E-state index contributed by atoms with van der Waals surface area (Å²) in [7, 11) is 0. The van der Waals surface area contributed by atoms with Crippen molar-refractivity contribution in [2.24, 2.45) is 0 Å². The van der Waals surface area contributed by atoms with E-state index in [0.717, 1.165) is 62.0 Å². The number of aliphatic hydroxyl groups excluding tert-OH is 1. The highest BCUT2D eigenvalue weighted by Gasteiger charge is 2.31. The van der Waals surface area contributed by atoms with Crippen molar-refractivity contribution in [1.29, 1.82) is 0 Å². The number of nitro groups is 1. The number of aliphatic hydroxyl groups is 1. The molecular weight excluding hydrogens is 332 g/mol. The van der Waals surface area contributed by atoms with Crippen LogP contribution in [0.5, 0.6) is 0 Å². The Balaban J connectivity index is 1.55. The fourth-order valence-electron chi connectivity index (χ4n) is 4.32. The lowest BCUT2D eigenvalue weighted by atomic mass is 10.1. The van der Waals surface area contributed by atoms with E-state index in [-0.39, 0.29) is 17.2 Å². The summed E-state index contributed by atoms with van der Waals surface area (Å²) in [5, 5.41) is 21.3. The SMILES string of the molecule is O=[N+]([O-])c1ccc2nc(N3CCCC3CN3CCCC3CO)ccc2c1. The highest BCUT2D eigenvalue weighted by Crippen LogP contribution is 2.29. The van der Waals surface area contributed by atoms with Gasteiger partial charge in [-0.25, -0.2) is 4.98 Å². The molecule has 2 aliphatic heterocycles. The molecule has 1 aromatic heterocycles. The molecule has 0 amide bonds. The van der Waals surface area contributed by atoms with Gasteiger partial charge in [-0.15, -0.1) is 0 Å². The maximum absolute atomic E-state index is 10.9. The number of hydrogen-bond donors (Lipinski definition) is 1. The molecule has 26 heavy (non-hydrogen) atoms. The van der Waals surface area contributed by atoms with E-state index in [1.54, 1.807) is 12.1 Å². The van der Waals surface area contributed by atoms with E-state index >= 15 is 0 Å². The van der Waals surface area contributed by atoms with Gasteiger partial charge in [-0.2, -0.15) is 0 Å². The van der Waals surface area contributed by atoms with Gasteiger partial charge in [0.05, 0.1) is 17.0 Å². The van der Waals surface area contributed by atoms with Crippen molar-refractivity contribution in [2.75, 3.05) is 31.1 Å². The van der Waals surface area contributed by atoms with Crippen LogP contribution in [-0.4, -0.2) is 58.2 Å². The second-order valence-electron chi connectivity index (χ2n) is 7.27. The fourth-order valence-corrected chi connectivity index (χ4v) is 4.32. The number of non-ortho nitro benzene ring substituents is 1. The van der Waals surface area contributed by atoms with Crippen LogP contribution in [0.1, 0.15) is 25.7 Å². The van der Waals surface area contributed by atoms with Crippen LogP contribution in [0.15, 0.2) is 30.3 Å². The maximum atomic E-state index is 10.9. The molecule has 2 unspecified atom stereocenters. The van der Waals surface area contributed by atoms with E-state index in [2.05, 4.69) is 9.80 Å². The third-order valence-electron chi connectivity index (χ3n) is 5.70. The largest absolute Gasteiger partial charge is 0.395 e. The number of nitrogens with zero attached hydrogens (tertiary/aromatic N) is 4. The van der Waals surface area contributed by atoms with Gasteiger partial charge in [-0.05, 0) is 50.4 Å². The van der Waals surface area contributed by atoms with Crippen molar-refractivity contribution < 1.29 is 10.0 Å². The zero-order chi connectivity index (χ0) is 18.1. The molecule has 7 heteroatoms. The smallest absolute Gasteiger partial charge is 0.270 e. The number of likely N-dealkylation sites (tertiary alicyclic amines) is 1. The summed E-state index contributed by atoms with van der Waals surface area (Å²) in [5.41, 5.74) is 0.878. The Hall–Kier alpha value is -2.25. The van der Waals surface area contributed by atoms with E-state index in [9.17, 15) is 15.2 Å². The topological polar surface area (TPSA) is 82.7 Å². The minimum absolute atomic E-state index is 0.0928. The van der Waals surface area contributed by atoms with Gasteiger partial charge in [0.25, 0.3) is 5.69 Å². The average molecular weight is 356 g/mol. The first-order chi connectivity index (χ1) is 12.7. The number of fused-ring (bicyclic) bond motifs is 1. The average Bonchev–Trinajstić information content (AvgIpc) is 3.30. The van der Waals surface area contributed by atoms with Gasteiger partial charge in [0, 0.05) is 42.7 Å². The number of hydrogen-bond acceptors (Lipinski definition) is 6. The van der Waals surface area contributed by atoms with Crippen molar-refractivity contribution in [3.8, 4) is 0 Å². The third kappa shape index (κ3) is 3.24. The van der Waals surface area contributed by atoms with Crippen LogP contribution in [0.3, 0.4) is 0 Å². The monoisotopic (exact) mass is 356 g/mol. The molecule has 138 valence electrons. The van der Waals surface area contributed by atoms with Crippen LogP contribution < -0.4 is 4.90 Å². The van der Waals surface area contributed by atoms with Crippen LogP contribution in [0.25, 0.3) is 10.9 Å². The maximum Gasteiger partial charge on any atom is 0.270 e. The Labute approximate surface area is 152 Å². The lowest BCUT2D eigenvalue weighted by Crippen LogP contribution is -2.43. The zero-order valence-corrected chi connectivity index (χ0v) is 14.8. The van der Waals surface area contributed by atoms with E-state index in [1.165, 1.54) is 6.07 Å². The summed E-state index contributed by atoms with van der Waals surface area (Å²) in [6.07, 6.45) is 4.51. The molecule has 7 nitrogen and oxygen atoms in total. The van der Waals surface area contributed by atoms with E-state index in [1.807, 2.05) is 12.1 Å². The summed E-state index contributed by atoms with van der Waals surface area (Å²) >= 11 is 0. The number of nitro benzene ring substituents is 1. The van der Waals surface area contributed by atoms with Crippen LogP contribution >= 0.6 is 0 Å². The standard InChI is InChI=1S/C19H24N4O3/c24-13-17-4-1-9-21(17)12-16-3-2-10-22(16)19-8-5-14-11-15(23(25)26)6-7-18(14)20-19/h5-8,11,16-17,24H,1-4,9-10,12-13H2. The molecule has 1 N–H and O–H groups in total.